The first-order valence-corrected chi connectivity index (χ1v) is 25.1. The molecule has 0 saturated heterocycles. The summed E-state index contributed by atoms with van der Waals surface area (Å²) in [6.45, 7) is 26.0. The summed E-state index contributed by atoms with van der Waals surface area (Å²) in [4.78, 5) is 123. The van der Waals surface area contributed by atoms with Crippen LogP contribution < -0.4 is 31.9 Å². The summed E-state index contributed by atoms with van der Waals surface area (Å²) in [5, 5.41) is 16.3. The van der Waals surface area contributed by atoms with Crippen molar-refractivity contribution in [3.63, 3.8) is 0 Å². The largest absolute Gasteiger partial charge is 0.460 e. The minimum Gasteiger partial charge on any atom is -0.460 e. The van der Waals surface area contributed by atoms with Gasteiger partial charge in [-0.15, -0.1) is 0 Å². The van der Waals surface area contributed by atoms with Crippen molar-refractivity contribution in [3.8, 4) is 0 Å². The Labute approximate surface area is 433 Å². The van der Waals surface area contributed by atoms with Crippen LogP contribution in [-0.4, -0.2) is 127 Å². The second-order valence-corrected chi connectivity index (χ2v) is 22.7. The first-order chi connectivity index (χ1) is 33.5. The molecule has 20 nitrogen and oxygen atoms in total. The molecule has 5 atom stereocenters. The van der Waals surface area contributed by atoms with Crippen molar-refractivity contribution in [2.75, 3.05) is 20.8 Å². The fourth-order valence-corrected chi connectivity index (χ4v) is 7.18. The molecular weight excluding hydrogens is 945 g/mol. The number of esters is 3. The van der Waals surface area contributed by atoms with E-state index in [1.807, 2.05) is 26.8 Å². The normalized spacial score (nSPS) is 14.1. The Kier molecular flexibility index (Phi) is 26.8. The topological polar surface area (TPSA) is 272 Å². The number of carbonyl (C=O) groups is 9. The molecule has 0 saturated carbocycles. The number of nitrogens with one attached hydrogen (secondary N) is 6. The maximum Gasteiger partial charge on any atom is 0.308 e. The summed E-state index contributed by atoms with van der Waals surface area (Å²) in [7, 11) is 3.04. The van der Waals surface area contributed by atoms with Crippen LogP contribution in [0, 0.1) is 18.3 Å². The predicted molar refractivity (Wildman–Crippen MR) is 274 cm³/mol. The number of methoxy groups -OCH3 is 2. The molecule has 20 heteroatoms. The molecule has 6 N–H and O–H groups in total. The van der Waals surface area contributed by atoms with Gasteiger partial charge in [-0.1, -0.05) is 58.9 Å². The molecule has 1 aromatic carbocycles. The van der Waals surface area contributed by atoms with Crippen molar-refractivity contribution >= 4 is 53.4 Å². The van der Waals surface area contributed by atoms with Gasteiger partial charge in [0.05, 0.1) is 12.8 Å². The number of aryl methyl sites for hydroxylation is 1. The smallest absolute Gasteiger partial charge is 0.308 e. The molecule has 1 aromatic rings. The SMILES string of the molecule is COC(CCCNC(=O)[C@H](CC(C)C)NC(=O)[C@@H](NC(=O)[C@H](Cc1ccccc1C)NC(=O)[C@H](CCC(=O)OC(C)(C)C)NC(=O)[C@H](CC(=O)OC(C)(C)C)NC(=O)CCC(=O)OC(C)(C)C)C(C)(C)C)OC. The third-order valence-corrected chi connectivity index (χ3v) is 10.6. The van der Waals surface area contributed by atoms with Gasteiger partial charge in [-0.3, -0.25) is 43.2 Å². The predicted octanol–water partition coefficient (Wildman–Crippen LogP) is 4.54. The van der Waals surface area contributed by atoms with Gasteiger partial charge in [0.1, 0.15) is 47.0 Å². The van der Waals surface area contributed by atoms with Crippen LogP contribution in [0.4, 0.5) is 0 Å². The molecule has 0 aromatic heterocycles. The summed E-state index contributed by atoms with van der Waals surface area (Å²) >= 11 is 0. The summed E-state index contributed by atoms with van der Waals surface area (Å²) in [5.74, 6) is -6.80. The van der Waals surface area contributed by atoms with Crippen LogP contribution in [0.3, 0.4) is 0 Å². The van der Waals surface area contributed by atoms with E-state index >= 15 is 0 Å². The second kappa shape index (κ2) is 29.9. The van der Waals surface area contributed by atoms with Crippen LogP contribution in [0.25, 0.3) is 0 Å². The van der Waals surface area contributed by atoms with Crippen LogP contribution in [0.15, 0.2) is 24.3 Å². The van der Waals surface area contributed by atoms with Crippen molar-refractivity contribution in [1.29, 1.82) is 0 Å². The van der Waals surface area contributed by atoms with E-state index in [-0.39, 0.29) is 38.0 Å². The van der Waals surface area contributed by atoms with Gasteiger partial charge in [0.15, 0.2) is 6.29 Å². The molecule has 0 spiro atoms. The number of ether oxygens (including phenoxy) is 5. The highest BCUT2D eigenvalue weighted by Gasteiger charge is 2.38. The van der Waals surface area contributed by atoms with Gasteiger partial charge in [0.25, 0.3) is 0 Å². The lowest BCUT2D eigenvalue weighted by molar-refractivity contribution is -0.158. The highest BCUT2D eigenvalue weighted by Crippen LogP contribution is 2.22. The molecule has 1 rings (SSSR count). The molecule has 414 valence electrons. The first kappa shape index (κ1) is 65.4. The Morgan fingerprint density at radius 1 is 0.534 bits per heavy atom. The zero-order valence-electron chi connectivity index (χ0n) is 46.6. The number of benzene rings is 1. The summed E-state index contributed by atoms with van der Waals surface area (Å²) < 4.78 is 26.7. The third-order valence-electron chi connectivity index (χ3n) is 10.6. The van der Waals surface area contributed by atoms with Gasteiger partial charge >= 0.3 is 17.9 Å². The van der Waals surface area contributed by atoms with Crippen LogP contribution in [-0.2, 0) is 73.3 Å². The fraction of sp³-hybridized carbons (Fsp3) is 0.717. The lowest BCUT2D eigenvalue weighted by Gasteiger charge is -2.33. The Bertz CT molecular complexity index is 2010. The second-order valence-electron chi connectivity index (χ2n) is 22.7. The van der Waals surface area contributed by atoms with E-state index in [0.29, 0.717) is 24.9 Å². The number of hydrogen-bond acceptors (Lipinski definition) is 14. The molecule has 0 bridgehead atoms. The molecule has 0 aliphatic rings. The van der Waals surface area contributed by atoms with Gasteiger partial charge in [0.2, 0.25) is 35.4 Å². The zero-order valence-corrected chi connectivity index (χ0v) is 46.6. The molecule has 0 aliphatic carbocycles. The summed E-state index contributed by atoms with van der Waals surface area (Å²) in [6, 6.07) is 0.362. The molecule has 0 heterocycles. The molecule has 0 aliphatic heterocycles. The summed E-state index contributed by atoms with van der Waals surface area (Å²) in [6.07, 6.45) is -1.34. The van der Waals surface area contributed by atoms with Crippen molar-refractivity contribution in [2.24, 2.45) is 11.3 Å². The lowest BCUT2D eigenvalue weighted by Crippen LogP contribution is -2.62. The van der Waals surface area contributed by atoms with Gasteiger partial charge < -0.3 is 55.6 Å². The van der Waals surface area contributed by atoms with Crippen molar-refractivity contribution in [1.82, 2.24) is 31.9 Å². The Morgan fingerprint density at radius 3 is 1.55 bits per heavy atom. The van der Waals surface area contributed by atoms with Gasteiger partial charge in [0, 0.05) is 46.4 Å². The fourth-order valence-electron chi connectivity index (χ4n) is 7.18. The monoisotopic (exact) mass is 1030 g/mol. The molecule has 0 unspecified atom stereocenters. The summed E-state index contributed by atoms with van der Waals surface area (Å²) in [5.41, 5.74) is -2.18. The van der Waals surface area contributed by atoms with Crippen LogP contribution >= 0.6 is 0 Å². The van der Waals surface area contributed by atoms with Crippen LogP contribution in [0.2, 0.25) is 0 Å². The maximum atomic E-state index is 14.7. The van der Waals surface area contributed by atoms with E-state index in [4.69, 9.17) is 23.7 Å². The Morgan fingerprint density at radius 2 is 1.03 bits per heavy atom. The molecule has 0 fully saturated rings. The average Bonchev–Trinajstić information content (AvgIpc) is 3.23. The lowest BCUT2D eigenvalue weighted by atomic mass is 9.85. The van der Waals surface area contributed by atoms with Crippen LogP contribution in [0.5, 0.6) is 0 Å². The highest BCUT2D eigenvalue weighted by molar-refractivity contribution is 5.98. The van der Waals surface area contributed by atoms with Gasteiger partial charge in [-0.25, -0.2) is 0 Å². The standard InChI is InChI=1S/C53H88N6O14/c1-32(2)29-36(45(64)54-28-20-23-43(69-16)70-17)58-49(68)44(50(4,5)6)59-48(67)37(30-34-22-19-18-21-33(34)3)57-46(65)35(24-26-40(61)71-51(7,8)9)56-47(66)38(31-42(63)73-53(13,14)15)55-39(60)25-27-41(62)72-52(10,11)12/h18-19,21-22,32,35-38,43-44H,20,23-31H2,1-17H3,(H,54,64)(H,55,60)(H,56,66)(H,57,65)(H,58,68)(H,59,67)/t35-,36-,37-,38-,44+/m0/s1. The van der Waals surface area contributed by atoms with Gasteiger partial charge in [-0.05, 0) is 111 Å². The van der Waals surface area contributed by atoms with E-state index < -0.39 is 125 Å². The van der Waals surface area contributed by atoms with Crippen molar-refractivity contribution < 1.29 is 66.8 Å². The first-order valence-electron chi connectivity index (χ1n) is 25.1. The zero-order chi connectivity index (χ0) is 56.1. The van der Waals surface area contributed by atoms with Crippen molar-refractivity contribution in [3.05, 3.63) is 35.4 Å². The van der Waals surface area contributed by atoms with Crippen LogP contribution in [0.1, 0.15) is 159 Å². The van der Waals surface area contributed by atoms with E-state index in [9.17, 15) is 43.2 Å². The van der Waals surface area contributed by atoms with E-state index in [1.54, 1.807) is 101 Å². The Hall–Kier alpha value is -5.63. The van der Waals surface area contributed by atoms with Crippen molar-refractivity contribution in [2.45, 2.75) is 215 Å². The van der Waals surface area contributed by atoms with E-state index in [0.717, 1.165) is 5.56 Å². The number of rotatable bonds is 28. The van der Waals surface area contributed by atoms with E-state index in [1.165, 1.54) is 14.2 Å². The number of carbonyl (C=O) groups excluding carboxylic acids is 9. The van der Waals surface area contributed by atoms with E-state index in [2.05, 4.69) is 31.9 Å². The molecular formula is C53H88N6O14. The highest BCUT2D eigenvalue weighted by atomic mass is 16.7. The minimum absolute atomic E-state index is 0.00410. The molecule has 73 heavy (non-hydrogen) atoms. The Balaban J connectivity index is 3.70. The number of amides is 6. The maximum absolute atomic E-state index is 14.7. The number of hydrogen-bond donors (Lipinski definition) is 6. The molecule has 6 amide bonds. The minimum atomic E-state index is -1.63. The molecule has 0 radical (unpaired) electrons. The average molecular weight is 1030 g/mol. The third kappa shape index (κ3) is 27.9. The quantitative estimate of drug-likeness (QED) is 0.0291. The van der Waals surface area contributed by atoms with Gasteiger partial charge in [-0.2, -0.15) is 0 Å².